The summed E-state index contributed by atoms with van der Waals surface area (Å²) in [5.41, 5.74) is 1.26. The molecule has 29 heavy (non-hydrogen) atoms. The van der Waals surface area contributed by atoms with Crippen LogP contribution >= 0.6 is 0 Å². The molecule has 0 radical (unpaired) electrons. The Morgan fingerprint density at radius 2 is 1.72 bits per heavy atom. The molecule has 1 N–H and O–H groups in total. The highest BCUT2D eigenvalue weighted by atomic mass is 16.7. The van der Waals surface area contributed by atoms with Gasteiger partial charge in [-0.1, -0.05) is 12.1 Å². The summed E-state index contributed by atoms with van der Waals surface area (Å²) >= 11 is 0. The summed E-state index contributed by atoms with van der Waals surface area (Å²) in [5, 5.41) is 10.7. The van der Waals surface area contributed by atoms with Crippen LogP contribution in [0.3, 0.4) is 0 Å². The molecule has 0 saturated heterocycles. The maximum absolute atomic E-state index is 11.4. The van der Waals surface area contributed by atoms with E-state index in [1.165, 1.54) is 27.0 Å². The van der Waals surface area contributed by atoms with E-state index in [2.05, 4.69) is 0 Å². The van der Waals surface area contributed by atoms with Crippen LogP contribution in [0.5, 0.6) is 23.0 Å². The Kier molecular flexibility index (Phi) is 6.36. The van der Waals surface area contributed by atoms with E-state index in [9.17, 15) is 14.7 Å². The van der Waals surface area contributed by atoms with Gasteiger partial charge in [0.1, 0.15) is 29.1 Å². The quantitative estimate of drug-likeness (QED) is 0.447. The average Bonchev–Trinajstić information content (AvgIpc) is 2.65. The van der Waals surface area contributed by atoms with Crippen LogP contribution in [0.4, 0.5) is 0 Å². The van der Waals surface area contributed by atoms with Gasteiger partial charge in [-0.05, 0) is 17.7 Å². The molecule has 8 nitrogen and oxygen atoms in total. The first-order chi connectivity index (χ1) is 13.9. The molecule has 2 atom stereocenters. The molecule has 0 unspecified atom stereocenters. The van der Waals surface area contributed by atoms with E-state index in [-0.39, 0.29) is 19.0 Å². The van der Waals surface area contributed by atoms with Crippen molar-refractivity contribution < 1.29 is 38.4 Å². The molecule has 154 valence electrons. The molecular weight excluding hydrogens is 380 g/mol. The fourth-order valence-corrected chi connectivity index (χ4v) is 3.11. The summed E-state index contributed by atoms with van der Waals surface area (Å²) in [7, 11) is 1.48. The predicted octanol–water partition coefficient (Wildman–Crippen LogP) is 3.08. The number of rotatable bonds is 6. The van der Waals surface area contributed by atoms with Gasteiger partial charge in [-0.25, -0.2) is 0 Å². The van der Waals surface area contributed by atoms with Crippen LogP contribution in [0.25, 0.3) is 0 Å². The number of aliphatic hydroxyl groups excluding tert-OH is 1. The minimum atomic E-state index is -0.866. The first-order valence-electron chi connectivity index (χ1n) is 8.98. The number of hydrogen-bond acceptors (Lipinski definition) is 8. The number of fused-ring (bicyclic) bond motifs is 1. The van der Waals surface area contributed by atoms with Crippen LogP contribution < -0.4 is 18.9 Å². The Balaban J connectivity index is 1.90. The zero-order valence-corrected chi connectivity index (χ0v) is 16.3. The van der Waals surface area contributed by atoms with Crippen molar-refractivity contribution >= 4 is 11.9 Å². The van der Waals surface area contributed by atoms with E-state index >= 15 is 0 Å². The van der Waals surface area contributed by atoms with E-state index in [0.29, 0.717) is 22.8 Å². The zero-order valence-electron chi connectivity index (χ0n) is 16.3. The van der Waals surface area contributed by atoms with Crippen molar-refractivity contribution in [1.82, 2.24) is 0 Å². The fraction of sp³-hybridized carbons (Fsp3) is 0.333. The molecular formula is C21H22O8. The Labute approximate surface area is 167 Å². The van der Waals surface area contributed by atoms with Gasteiger partial charge in [0.15, 0.2) is 6.79 Å². The molecule has 0 saturated carbocycles. The van der Waals surface area contributed by atoms with Gasteiger partial charge in [-0.3, -0.25) is 9.59 Å². The lowest BCUT2D eigenvalue weighted by atomic mass is 9.94. The van der Waals surface area contributed by atoms with Crippen molar-refractivity contribution in [3.63, 3.8) is 0 Å². The number of aliphatic hydroxyl groups is 1. The zero-order chi connectivity index (χ0) is 21.0. The Morgan fingerprint density at radius 3 is 2.34 bits per heavy atom. The lowest BCUT2D eigenvalue weighted by Crippen LogP contribution is -2.20. The Morgan fingerprint density at radius 1 is 1.07 bits per heavy atom. The second-order valence-corrected chi connectivity index (χ2v) is 6.50. The van der Waals surface area contributed by atoms with Crippen molar-refractivity contribution in [3.05, 3.63) is 47.5 Å². The summed E-state index contributed by atoms with van der Waals surface area (Å²) < 4.78 is 26.7. The van der Waals surface area contributed by atoms with Gasteiger partial charge in [-0.2, -0.15) is 0 Å². The monoisotopic (exact) mass is 402 g/mol. The third kappa shape index (κ3) is 5.04. The summed E-state index contributed by atoms with van der Waals surface area (Å²) in [6.45, 7) is 2.58. The first kappa shape index (κ1) is 20.6. The van der Waals surface area contributed by atoms with Crippen LogP contribution in [0.2, 0.25) is 0 Å². The maximum Gasteiger partial charge on any atom is 0.308 e. The average molecular weight is 402 g/mol. The van der Waals surface area contributed by atoms with Crippen molar-refractivity contribution in [1.29, 1.82) is 0 Å². The summed E-state index contributed by atoms with van der Waals surface area (Å²) in [5.74, 6) is 0.430. The smallest absolute Gasteiger partial charge is 0.308 e. The summed E-state index contributed by atoms with van der Waals surface area (Å²) in [4.78, 5) is 22.4. The topological polar surface area (TPSA) is 101 Å². The van der Waals surface area contributed by atoms with Gasteiger partial charge in [0.2, 0.25) is 0 Å². The molecule has 0 aromatic heterocycles. The predicted molar refractivity (Wildman–Crippen MR) is 101 cm³/mol. The third-order valence-corrected chi connectivity index (χ3v) is 4.22. The molecule has 0 aliphatic carbocycles. The van der Waals surface area contributed by atoms with Gasteiger partial charge < -0.3 is 28.8 Å². The van der Waals surface area contributed by atoms with Gasteiger partial charge in [0.05, 0.1) is 11.7 Å². The molecule has 1 aliphatic rings. The lowest BCUT2D eigenvalue weighted by molar-refractivity contribution is -0.132. The molecule has 2 aromatic rings. The molecule has 0 amide bonds. The highest BCUT2D eigenvalue weighted by Crippen LogP contribution is 2.47. The second kappa shape index (κ2) is 8.93. The first-order valence-corrected chi connectivity index (χ1v) is 8.98. The van der Waals surface area contributed by atoms with E-state index in [1.807, 2.05) is 0 Å². The number of ether oxygens (including phenoxy) is 5. The van der Waals surface area contributed by atoms with Crippen LogP contribution in [-0.4, -0.2) is 30.9 Å². The minimum Gasteiger partial charge on any atom is -0.485 e. The van der Waals surface area contributed by atoms with Gasteiger partial charge in [0, 0.05) is 39.5 Å². The summed E-state index contributed by atoms with van der Waals surface area (Å²) in [6.07, 6.45) is -1.03. The van der Waals surface area contributed by atoms with Crippen LogP contribution in [0, 0.1) is 0 Å². The standard InChI is InChI=1S/C21H22O8/c1-12(22)27-15-6-4-14(5-7-15)18-10-17(24)21-19(26-11-25-3)8-16(28-13(2)23)9-20(21)29-18/h4-9,17-18,24H,10-11H2,1-3H3/t17-,18-/m1/s1. The highest BCUT2D eigenvalue weighted by Gasteiger charge is 2.32. The number of carbonyl (C=O) groups is 2. The van der Waals surface area contributed by atoms with Gasteiger partial charge in [-0.15, -0.1) is 0 Å². The number of hydrogen-bond donors (Lipinski definition) is 1. The van der Waals surface area contributed by atoms with E-state index < -0.39 is 24.1 Å². The van der Waals surface area contributed by atoms with E-state index in [4.69, 9.17) is 23.7 Å². The van der Waals surface area contributed by atoms with Crippen molar-refractivity contribution in [2.24, 2.45) is 0 Å². The maximum atomic E-state index is 11.4. The van der Waals surface area contributed by atoms with Crippen LogP contribution in [0.1, 0.15) is 43.6 Å². The molecule has 0 spiro atoms. The summed E-state index contributed by atoms with van der Waals surface area (Å²) in [6, 6.07) is 9.89. The van der Waals surface area contributed by atoms with Crippen molar-refractivity contribution in [2.45, 2.75) is 32.5 Å². The van der Waals surface area contributed by atoms with Crippen molar-refractivity contribution in [2.75, 3.05) is 13.9 Å². The van der Waals surface area contributed by atoms with Crippen LogP contribution in [0.15, 0.2) is 36.4 Å². The molecule has 2 aromatic carbocycles. The molecule has 3 rings (SSSR count). The number of methoxy groups -OCH3 is 1. The van der Waals surface area contributed by atoms with Crippen LogP contribution in [-0.2, 0) is 14.3 Å². The normalized spacial score (nSPS) is 17.7. The highest BCUT2D eigenvalue weighted by molar-refractivity contribution is 5.70. The van der Waals surface area contributed by atoms with E-state index in [0.717, 1.165) is 5.56 Å². The second-order valence-electron chi connectivity index (χ2n) is 6.50. The molecule has 8 heteroatoms. The lowest BCUT2D eigenvalue weighted by Gasteiger charge is -2.31. The van der Waals surface area contributed by atoms with Gasteiger partial charge in [0.25, 0.3) is 0 Å². The third-order valence-electron chi connectivity index (χ3n) is 4.22. The molecule has 0 fully saturated rings. The Bertz CT molecular complexity index is 890. The minimum absolute atomic E-state index is 0.0380. The molecule has 0 bridgehead atoms. The van der Waals surface area contributed by atoms with E-state index in [1.54, 1.807) is 30.3 Å². The fourth-order valence-electron chi connectivity index (χ4n) is 3.11. The molecule has 1 heterocycles. The largest absolute Gasteiger partial charge is 0.485 e. The van der Waals surface area contributed by atoms with Crippen molar-refractivity contribution in [3.8, 4) is 23.0 Å². The Hall–Kier alpha value is -3.10. The number of esters is 2. The molecule has 1 aliphatic heterocycles. The number of carbonyl (C=O) groups excluding carboxylic acids is 2. The van der Waals surface area contributed by atoms with Gasteiger partial charge >= 0.3 is 11.9 Å². The SMILES string of the molecule is COCOc1cc(OC(C)=O)cc2c1[C@H](O)C[C@H](c1ccc(OC(C)=O)cc1)O2. The number of benzene rings is 2.